The maximum absolute atomic E-state index is 12.4. The van der Waals surface area contributed by atoms with Gasteiger partial charge in [0.15, 0.2) is 0 Å². The number of rotatable bonds is 6. The van der Waals surface area contributed by atoms with E-state index < -0.39 is 0 Å². The lowest BCUT2D eigenvalue weighted by atomic mass is 10.0. The Kier molecular flexibility index (Phi) is 4.62. The van der Waals surface area contributed by atoms with Gasteiger partial charge in [-0.2, -0.15) is 0 Å². The summed E-state index contributed by atoms with van der Waals surface area (Å²) in [6.07, 6.45) is 4.15. The molecule has 1 saturated carbocycles. The summed E-state index contributed by atoms with van der Waals surface area (Å²) in [7, 11) is 0. The lowest BCUT2D eigenvalue weighted by Gasteiger charge is -2.28. The van der Waals surface area contributed by atoms with Crippen molar-refractivity contribution in [3.63, 3.8) is 0 Å². The highest BCUT2D eigenvalue weighted by molar-refractivity contribution is 5.82. The molecule has 1 saturated heterocycles. The van der Waals surface area contributed by atoms with E-state index in [1.807, 2.05) is 4.90 Å². The Balaban J connectivity index is 1.89. The first-order chi connectivity index (χ1) is 8.58. The standard InChI is InChI=1S/C14H26N2O2/c1-10(2)7-13(15)14(17)16(12-3-4-12)8-11-5-6-18-9-11/h10-13H,3-9,15H2,1-2H3/t11?,13-/m0/s1. The summed E-state index contributed by atoms with van der Waals surface area (Å²) in [4.78, 5) is 14.4. The van der Waals surface area contributed by atoms with Crippen molar-refractivity contribution in [1.82, 2.24) is 4.90 Å². The highest BCUT2D eigenvalue weighted by Gasteiger charge is 2.36. The summed E-state index contributed by atoms with van der Waals surface area (Å²) in [5.41, 5.74) is 6.04. The minimum Gasteiger partial charge on any atom is -0.381 e. The van der Waals surface area contributed by atoms with Crippen LogP contribution in [0.5, 0.6) is 0 Å². The van der Waals surface area contributed by atoms with Gasteiger partial charge in [0, 0.05) is 25.1 Å². The van der Waals surface area contributed by atoms with E-state index in [1.54, 1.807) is 0 Å². The molecule has 2 fully saturated rings. The van der Waals surface area contributed by atoms with E-state index in [9.17, 15) is 4.79 Å². The fraction of sp³-hybridized carbons (Fsp3) is 0.929. The lowest BCUT2D eigenvalue weighted by Crippen LogP contribution is -2.47. The molecule has 1 unspecified atom stereocenters. The Bertz CT molecular complexity index is 284. The Morgan fingerprint density at radius 1 is 1.39 bits per heavy atom. The molecule has 1 aliphatic heterocycles. The maximum Gasteiger partial charge on any atom is 0.239 e. The summed E-state index contributed by atoms with van der Waals surface area (Å²) in [5.74, 6) is 1.14. The molecular formula is C14H26N2O2. The fourth-order valence-electron chi connectivity index (χ4n) is 2.63. The average molecular weight is 254 g/mol. The number of amides is 1. The Hall–Kier alpha value is -0.610. The first kappa shape index (κ1) is 13.8. The zero-order valence-corrected chi connectivity index (χ0v) is 11.6. The van der Waals surface area contributed by atoms with Crippen LogP contribution in [0.25, 0.3) is 0 Å². The second-order valence-corrected chi connectivity index (χ2v) is 6.19. The van der Waals surface area contributed by atoms with E-state index in [2.05, 4.69) is 13.8 Å². The zero-order valence-electron chi connectivity index (χ0n) is 11.6. The van der Waals surface area contributed by atoms with Gasteiger partial charge in [-0.25, -0.2) is 0 Å². The molecule has 2 N–H and O–H groups in total. The zero-order chi connectivity index (χ0) is 13.1. The minimum absolute atomic E-state index is 0.151. The Morgan fingerprint density at radius 3 is 2.61 bits per heavy atom. The summed E-state index contributed by atoms with van der Waals surface area (Å²) >= 11 is 0. The summed E-state index contributed by atoms with van der Waals surface area (Å²) < 4.78 is 5.39. The van der Waals surface area contributed by atoms with Crippen LogP contribution < -0.4 is 5.73 Å². The molecule has 1 aliphatic carbocycles. The molecule has 1 amide bonds. The van der Waals surface area contributed by atoms with Crippen LogP contribution in [-0.4, -0.2) is 42.6 Å². The second-order valence-electron chi connectivity index (χ2n) is 6.19. The van der Waals surface area contributed by atoms with E-state index in [1.165, 1.54) is 0 Å². The third-order valence-electron chi connectivity index (χ3n) is 3.79. The van der Waals surface area contributed by atoms with Gasteiger partial charge in [0.2, 0.25) is 5.91 Å². The first-order valence-electron chi connectivity index (χ1n) is 7.21. The fourth-order valence-corrected chi connectivity index (χ4v) is 2.63. The first-order valence-corrected chi connectivity index (χ1v) is 7.21. The molecule has 4 heteroatoms. The minimum atomic E-state index is -0.326. The van der Waals surface area contributed by atoms with Crippen LogP contribution in [0.2, 0.25) is 0 Å². The summed E-state index contributed by atoms with van der Waals surface area (Å²) in [6.45, 7) is 6.71. The molecule has 0 radical (unpaired) electrons. The Labute approximate surface area is 110 Å². The highest BCUT2D eigenvalue weighted by Crippen LogP contribution is 2.29. The van der Waals surface area contributed by atoms with Crippen molar-refractivity contribution >= 4 is 5.91 Å². The molecule has 2 rings (SSSR count). The van der Waals surface area contributed by atoms with Gasteiger partial charge >= 0.3 is 0 Å². The number of nitrogens with two attached hydrogens (primary N) is 1. The van der Waals surface area contributed by atoms with Gasteiger partial charge < -0.3 is 15.4 Å². The molecule has 18 heavy (non-hydrogen) atoms. The second kappa shape index (κ2) is 6.02. The van der Waals surface area contributed by atoms with Crippen molar-refractivity contribution in [1.29, 1.82) is 0 Å². The van der Waals surface area contributed by atoms with Gasteiger partial charge in [0.1, 0.15) is 0 Å². The number of carbonyl (C=O) groups is 1. The smallest absolute Gasteiger partial charge is 0.239 e. The van der Waals surface area contributed by atoms with Crippen molar-refractivity contribution in [2.45, 2.75) is 51.6 Å². The van der Waals surface area contributed by atoms with E-state index in [-0.39, 0.29) is 11.9 Å². The number of ether oxygens (including phenoxy) is 1. The van der Waals surface area contributed by atoms with Gasteiger partial charge in [-0.05, 0) is 31.6 Å². The van der Waals surface area contributed by atoms with Crippen LogP contribution in [0.15, 0.2) is 0 Å². The van der Waals surface area contributed by atoms with Gasteiger partial charge in [-0.1, -0.05) is 13.8 Å². The predicted molar refractivity (Wildman–Crippen MR) is 71.1 cm³/mol. The van der Waals surface area contributed by atoms with E-state index in [0.29, 0.717) is 17.9 Å². The van der Waals surface area contributed by atoms with Gasteiger partial charge in [-0.15, -0.1) is 0 Å². The SMILES string of the molecule is CC(C)C[C@H](N)C(=O)N(CC1CCOC1)C1CC1. The topological polar surface area (TPSA) is 55.6 Å². The molecule has 0 bridgehead atoms. The van der Waals surface area contributed by atoms with Crippen molar-refractivity contribution in [2.75, 3.05) is 19.8 Å². The van der Waals surface area contributed by atoms with Crippen LogP contribution in [0.4, 0.5) is 0 Å². The van der Waals surface area contributed by atoms with Crippen LogP contribution >= 0.6 is 0 Å². The van der Waals surface area contributed by atoms with Crippen molar-refractivity contribution in [3.8, 4) is 0 Å². The molecule has 2 atom stereocenters. The number of nitrogens with zero attached hydrogens (tertiary/aromatic N) is 1. The van der Waals surface area contributed by atoms with Crippen LogP contribution in [-0.2, 0) is 9.53 Å². The van der Waals surface area contributed by atoms with Gasteiger partial charge in [0.25, 0.3) is 0 Å². The van der Waals surface area contributed by atoms with Crippen LogP contribution in [0.1, 0.15) is 39.5 Å². The van der Waals surface area contributed by atoms with Crippen molar-refractivity contribution < 1.29 is 9.53 Å². The van der Waals surface area contributed by atoms with E-state index in [4.69, 9.17) is 10.5 Å². The number of carbonyl (C=O) groups excluding carboxylic acids is 1. The molecule has 0 aromatic carbocycles. The predicted octanol–water partition coefficient (Wildman–Crippen LogP) is 1.39. The maximum atomic E-state index is 12.4. The van der Waals surface area contributed by atoms with Crippen LogP contribution in [0.3, 0.4) is 0 Å². The summed E-state index contributed by atoms with van der Waals surface area (Å²) in [5, 5.41) is 0. The average Bonchev–Trinajstić information content (AvgIpc) is 3.02. The van der Waals surface area contributed by atoms with Gasteiger partial charge in [0.05, 0.1) is 12.6 Å². The molecule has 2 aliphatic rings. The van der Waals surface area contributed by atoms with Gasteiger partial charge in [-0.3, -0.25) is 4.79 Å². The number of hydrogen-bond acceptors (Lipinski definition) is 3. The Morgan fingerprint density at radius 2 is 2.11 bits per heavy atom. The van der Waals surface area contributed by atoms with E-state index in [0.717, 1.165) is 45.4 Å². The van der Waals surface area contributed by atoms with Crippen LogP contribution in [0, 0.1) is 11.8 Å². The molecule has 0 spiro atoms. The quantitative estimate of drug-likeness (QED) is 0.779. The molecule has 104 valence electrons. The molecule has 0 aromatic rings. The van der Waals surface area contributed by atoms with Crippen molar-refractivity contribution in [3.05, 3.63) is 0 Å². The largest absolute Gasteiger partial charge is 0.381 e. The number of hydrogen-bond donors (Lipinski definition) is 1. The highest BCUT2D eigenvalue weighted by atomic mass is 16.5. The molecule has 4 nitrogen and oxygen atoms in total. The third kappa shape index (κ3) is 3.69. The molecular weight excluding hydrogens is 228 g/mol. The van der Waals surface area contributed by atoms with Crippen molar-refractivity contribution in [2.24, 2.45) is 17.6 Å². The third-order valence-corrected chi connectivity index (χ3v) is 3.79. The molecule has 0 aromatic heterocycles. The normalized spacial score (nSPS) is 25.4. The van der Waals surface area contributed by atoms with E-state index >= 15 is 0 Å². The lowest BCUT2D eigenvalue weighted by molar-refractivity contribution is -0.134. The summed E-state index contributed by atoms with van der Waals surface area (Å²) in [6, 6.07) is 0.129. The molecule has 1 heterocycles. The monoisotopic (exact) mass is 254 g/mol.